The van der Waals surface area contributed by atoms with Crippen LogP contribution >= 0.6 is 0 Å². The molecule has 0 aliphatic carbocycles. The Hall–Kier alpha value is -2.76. The van der Waals surface area contributed by atoms with Gasteiger partial charge in [0.1, 0.15) is 5.82 Å². The number of carbonyl (C=O) groups excluding carboxylic acids is 1. The molecule has 0 bridgehead atoms. The van der Waals surface area contributed by atoms with Crippen molar-refractivity contribution in [3.05, 3.63) is 47.7 Å². The van der Waals surface area contributed by atoms with Gasteiger partial charge in [0.2, 0.25) is 0 Å². The van der Waals surface area contributed by atoms with Crippen LogP contribution in [0.2, 0.25) is 0 Å². The second-order valence-corrected chi connectivity index (χ2v) is 5.59. The van der Waals surface area contributed by atoms with Gasteiger partial charge in [-0.2, -0.15) is 0 Å². The number of nitrogens with one attached hydrogen (secondary N) is 1. The van der Waals surface area contributed by atoms with Gasteiger partial charge in [0.25, 0.3) is 5.91 Å². The van der Waals surface area contributed by atoms with Crippen LogP contribution in [0.15, 0.2) is 36.5 Å². The van der Waals surface area contributed by atoms with Gasteiger partial charge in [-0.15, -0.1) is 0 Å². The second-order valence-electron chi connectivity index (χ2n) is 5.59. The Morgan fingerprint density at radius 2 is 1.87 bits per heavy atom. The lowest BCUT2D eigenvalue weighted by Gasteiger charge is -2.28. The van der Waals surface area contributed by atoms with E-state index in [2.05, 4.69) is 10.3 Å². The van der Waals surface area contributed by atoms with Crippen LogP contribution in [0.5, 0.6) is 11.5 Å². The second kappa shape index (κ2) is 6.56. The number of aromatic nitrogens is 1. The van der Waals surface area contributed by atoms with Crippen molar-refractivity contribution in [2.75, 3.05) is 20.0 Å². The zero-order chi connectivity index (χ0) is 17.0. The largest absolute Gasteiger partial charge is 0.493 e. The fourth-order valence-corrected chi connectivity index (χ4v) is 2.26. The quantitative estimate of drug-likeness (QED) is 0.884. The lowest BCUT2D eigenvalue weighted by molar-refractivity contribution is 0.0912. The van der Waals surface area contributed by atoms with E-state index in [4.69, 9.17) is 15.2 Å². The van der Waals surface area contributed by atoms with Crippen molar-refractivity contribution in [1.29, 1.82) is 0 Å². The monoisotopic (exact) mass is 315 g/mol. The van der Waals surface area contributed by atoms with Gasteiger partial charge in [0, 0.05) is 6.20 Å². The van der Waals surface area contributed by atoms with Crippen molar-refractivity contribution >= 4 is 11.7 Å². The molecule has 0 saturated heterocycles. The number of anilines is 1. The van der Waals surface area contributed by atoms with Gasteiger partial charge in [-0.1, -0.05) is 6.07 Å². The Morgan fingerprint density at radius 3 is 2.48 bits per heavy atom. The van der Waals surface area contributed by atoms with Gasteiger partial charge in [-0.25, -0.2) is 4.98 Å². The summed E-state index contributed by atoms with van der Waals surface area (Å²) in [7, 11) is 3.15. The van der Waals surface area contributed by atoms with E-state index in [0.29, 0.717) is 17.1 Å². The van der Waals surface area contributed by atoms with Crippen LogP contribution in [0, 0.1) is 0 Å². The van der Waals surface area contributed by atoms with Crippen LogP contribution in [0.1, 0.15) is 29.8 Å². The molecule has 6 heteroatoms. The summed E-state index contributed by atoms with van der Waals surface area (Å²) < 4.78 is 10.5. The zero-order valence-electron chi connectivity index (χ0n) is 13.7. The van der Waals surface area contributed by atoms with Crippen LogP contribution in [0.3, 0.4) is 0 Å². The number of nitrogen functional groups attached to an aromatic ring is 1. The standard InChI is InChI=1S/C17H21N3O3/c1-17(2,11-7-8-13(22-3)14(10-11)23-4)20-16(21)12-6-5-9-19-15(12)18/h5-10H,1-4H3,(H2,18,19)(H,20,21). The van der Waals surface area contributed by atoms with E-state index in [1.54, 1.807) is 38.6 Å². The van der Waals surface area contributed by atoms with Crippen molar-refractivity contribution in [1.82, 2.24) is 10.3 Å². The van der Waals surface area contributed by atoms with Crippen LogP contribution in [0.25, 0.3) is 0 Å². The maximum absolute atomic E-state index is 12.4. The molecular formula is C17H21N3O3. The predicted octanol–water partition coefficient (Wildman–Crippen LogP) is 2.35. The number of carbonyl (C=O) groups is 1. The summed E-state index contributed by atoms with van der Waals surface area (Å²) in [6, 6.07) is 8.84. The van der Waals surface area contributed by atoms with Crippen LogP contribution < -0.4 is 20.5 Å². The summed E-state index contributed by atoms with van der Waals surface area (Å²) >= 11 is 0. The third kappa shape index (κ3) is 3.53. The molecule has 1 aromatic carbocycles. The van der Waals surface area contributed by atoms with Crippen molar-refractivity contribution in [3.8, 4) is 11.5 Å². The number of ether oxygens (including phenoxy) is 2. The normalized spacial score (nSPS) is 11.0. The van der Waals surface area contributed by atoms with Crippen LogP contribution in [-0.2, 0) is 5.54 Å². The SMILES string of the molecule is COc1ccc(C(C)(C)NC(=O)c2cccnc2N)cc1OC. The Labute approximate surface area is 135 Å². The van der Waals surface area contributed by atoms with Gasteiger partial charge >= 0.3 is 0 Å². The molecule has 122 valence electrons. The highest BCUT2D eigenvalue weighted by Gasteiger charge is 2.25. The summed E-state index contributed by atoms with van der Waals surface area (Å²) in [5, 5.41) is 2.96. The van der Waals surface area contributed by atoms with E-state index in [9.17, 15) is 4.79 Å². The van der Waals surface area contributed by atoms with Gasteiger partial charge in [-0.3, -0.25) is 4.79 Å². The average molecular weight is 315 g/mol. The Balaban J connectivity index is 2.28. The molecule has 0 saturated carbocycles. The minimum Gasteiger partial charge on any atom is -0.493 e. The first-order valence-corrected chi connectivity index (χ1v) is 7.14. The molecule has 1 aromatic heterocycles. The number of nitrogens with zero attached hydrogens (tertiary/aromatic N) is 1. The molecule has 0 aliphatic heterocycles. The van der Waals surface area contributed by atoms with Crippen molar-refractivity contribution in [2.45, 2.75) is 19.4 Å². The van der Waals surface area contributed by atoms with Crippen LogP contribution in [0.4, 0.5) is 5.82 Å². The molecule has 0 fully saturated rings. The molecule has 0 aliphatic rings. The lowest BCUT2D eigenvalue weighted by Crippen LogP contribution is -2.41. The van der Waals surface area contributed by atoms with E-state index in [1.165, 1.54) is 0 Å². The number of nitrogens with two attached hydrogens (primary N) is 1. The van der Waals surface area contributed by atoms with Crippen molar-refractivity contribution in [3.63, 3.8) is 0 Å². The van der Waals surface area contributed by atoms with Gasteiger partial charge in [0.15, 0.2) is 11.5 Å². The van der Waals surface area contributed by atoms with E-state index in [-0.39, 0.29) is 11.7 Å². The lowest BCUT2D eigenvalue weighted by atomic mass is 9.93. The van der Waals surface area contributed by atoms with E-state index in [1.807, 2.05) is 26.0 Å². The molecular weight excluding hydrogens is 294 g/mol. The molecule has 0 atom stereocenters. The molecule has 2 rings (SSSR count). The first-order valence-electron chi connectivity index (χ1n) is 7.14. The maximum Gasteiger partial charge on any atom is 0.255 e. The summed E-state index contributed by atoms with van der Waals surface area (Å²) in [5.74, 6) is 1.16. The van der Waals surface area contributed by atoms with E-state index in [0.717, 1.165) is 5.56 Å². The van der Waals surface area contributed by atoms with Crippen LogP contribution in [-0.4, -0.2) is 25.1 Å². The smallest absolute Gasteiger partial charge is 0.255 e. The fraction of sp³-hybridized carbons (Fsp3) is 0.294. The number of pyridine rings is 1. The zero-order valence-corrected chi connectivity index (χ0v) is 13.7. The summed E-state index contributed by atoms with van der Waals surface area (Å²) in [6.45, 7) is 3.80. The summed E-state index contributed by atoms with van der Waals surface area (Å²) in [6.07, 6.45) is 1.55. The number of hydrogen-bond acceptors (Lipinski definition) is 5. The molecule has 1 amide bonds. The highest BCUT2D eigenvalue weighted by atomic mass is 16.5. The van der Waals surface area contributed by atoms with Gasteiger partial charge < -0.3 is 20.5 Å². The summed E-state index contributed by atoms with van der Waals surface area (Å²) in [5.41, 5.74) is 6.36. The minimum absolute atomic E-state index is 0.202. The Morgan fingerprint density at radius 1 is 1.17 bits per heavy atom. The van der Waals surface area contributed by atoms with Gasteiger partial charge in [-0.05, 0) is 43.7 Å². The topological polar surface area (TPSA) is 86.5 Å². The van der Waals surface area contributed by atoms with E-state index >= 15 is 0 Å². The molecule has 1 heterocycles. The third-order valence-electron chi connectivity index (χ3n) is 3.61. The number of hydrogen-bond donors (Lipinski definition) is 2. The average Bonchev–Trinajstić information content (AvgIpc) is 2.54. The Kier molecular flexibility index (Phi) is 4.74. The minimum atomic E-state index is -0.626. The predicted molar refractivity (Wildman–Crippen MR) is 88.7 cm³/mol. The first-order chi connectivity index (χ1) is 10.9. The van der Waals surface area contributed by atoms with Gasteiger partial charge in [0.05, 0.1) is 25.3 Å². The molecule has 0 spiro atoms. The summed E-state index contributed by atoms with van der Waals surface area (Å²) in [4.78, 5) is 16.4. The molecule has 2 aromatic rings. The fourth-order valence-electron chi connectivity index (χ4n) is 2.26. The number of rotatable bonds is 5. The third-order valence-corrected chi connectivity index (χ3v) is 3.61. The molecule has 6 nitrogen and oxygen atoms in total. The maximum atomic E-state index is 12.4. The molecule has 23 heavy (non-hydrogen) atoms. The number of methoxy groups -OCH3 is 2. The Bertz CT molecular complexity index is 714. The highest BCUT2D eigenvalue weighted by Crippen LogP contribution is 2.32. The van der Waals surface area contributed by atoms with E-state index < -0.39 is 5.54 Å². The molecule has 0 unspecified atom stereocenters. The highest BCUT2D eigenvalue weighted by molar-refractivity contribution is 5.98. The van der Waals surface area contributed by atoms with Crippen molar-refractivity contribution < 1.29 is 14.3 Å². The first kappa shape index (κ1) is 16.6. The number of benzene rings is 1. The number of amides is 1. The molecule has 0 radical (unpaired) electrons. The van der Waals surface area contributed by atoms with Crippen molar-refractivity contribution in [2.24, 2.45) is 0 Å². The molecule has 3 N–H and O–H groups in total.